The van der Waals surface area contributed by atoms with Crippen molar-refractivity contribution in [3.05, 3.63) is 23.8 Å². The van der Waals surface area contributed by atoms with Gasteiger partial charge in [-0.2, -0.15) is 0 Å². The number of benzene rings is 1. The molecule has 13 heavy (non-hydrogen) atoms. The smallest absolute Gasteiger partial charge is 0.231 e. The van der Waals surface area contributed by atoms with Crippen LogP contribution in [0.2, 0.25) is 0 Å². The van der Waals surface area contributed by atoms with Crippen LogP contribution < -0.4 is 15.2 Å². The Labute approximate surface area is 83.1 Å². The largest absolute Gasteiger partial charge is 0.454 e. The van der Waals surface area contributed by atoms with E-state index >= 15 is 0 Å². The molecule has 0 spiro atoms. The third-order valence-electron chi connectivity index (χ3n) is 1.67. The summed E-state index contributed by atoms with van der Waals surface area (Å²) in [6, 6.07) is 3.16. The fourth-order valence-corrected chi connectivity index (χ4v) is 1.15. The van der Waals surface area contributed by atoms with E-state index in [2.05, 4.69) is 0 Å². The molecule has 70 valence electrons. The lowest BCUT2D eigenvalue weighted by molar-refractivity contribution is 0.174. The maximum atomic E-state index is 7.82. The van der Waals surface area contributed by atoms with Gasteiger partial charge in [0.2, 0.25) is 6.75 Å². The van der Waals surface area contributed by atoms with Gasteiger partial charge >= 0.3 is 0 Å². The van der Waals surface area contributed by atoms with E-state index in [4.69, 9.17) is 20.7 Å². The molecule has 1 aliphatic rings. The van der Waals surface area contributed by atoms with Crippen molar-refractivity contribution in [2.45, 2.75) is 19.3 Å². The van der Waals surface area contributed by atoms with E-state index in [1.807, 2.05) is 0 Å². The van der Waals surface area contributed by atoms with Crippen molar-refractivity contribution >= 4 is 0 Å². The van der Waals surface area contributed by atoms with Gasteiger partial charge in [-0.1, -0.05) is 6.07 Å². The SMILES string of the molecule is [2H]C(c1ccc2c(c1)OC([2H])([2H])O2)C([2H])(C)N. The fraction of sp³-hybridized carbons (Fsp3) is 0.400. The lowest BCUT2D eigenvalue weighted by atomic mass is 10.1. The second kappa shape index (κ2) is 3.26. The summed E-state index contributed by atoms with van der Waals surface area (Å²) in [5, 5.41) is 0. The molecule has 2 unspecified atom stereocenters. The molecular weight excluding hydrogens is 166 g/mol. The normalized spacial score (nSPS) is 29.1. The summed E-state index contributed by atoms with van der Waals surface area (Å²) >= 11 is 0. The molecular formula is C10H13NO2. The Morgan fingerprint density at radius 3 is 3.23 bits per heavy atom. The first kappa shape index (κ1) is 4.86. The van der Waals surface area contributed by atoms with Crippen LogP contribution >= 0.6 is 0 Å². The fourth-order valence-electron chi connectivity index (χ4n) is 1.15. The maximum absolute atomic E-state index is 7.82. The number of ether oxygens (including phenoxy) is 2. The molecule has 0 aromatic heterocycles. The summed E-state index contributed by atoms with van der Waals surface area (Å²) in [6.07, 6.45) is -0.942. The lowest BCUT2D eigenvalue weighted by Crippen LogP contribution is -2.17. The molecule has 1 aromatic carbocycles. The molecule has 0 bridgehead atoms. The average Bonchev–Trinajstić information content (AvgIpc) is 2.47. The molecule has 3 heteroatoms. The van der Waals surface area contributed by atoms with Gasteiger partial charge in [-0.15, -0.1) is 0 Å². The highest BCUT2D eigenvalue weighted by atomic mass is 16.7. The van der Waals surface area contributed by atoms with Gasteiger partial charge in [0.15, 0.2) is 11.5 Å². The van der Waals surface area contributed by atoms with Crippen LogP contribution in [0.5, 0.6) is 11.5 Å². The van der Waals surface area contributed by atoms with Crippen LogP contribution in [0, 0.1) is 0 Å². The Morgan fingerprint density at radius 2 is 2.46 bits per heavy atom. The minimum Gasteiger partial charge on any atom is -0.454 e. The van der Waals surface area contributed by atoms with E-state index in [1.165, 1.54) is 19.1 Å². The summed E-state index contributed by atoms with van der Waals surface area (Å²) < 4.78 is 39.8. The second-order valence-electron chi connectivity index (χ2n) is 2.88. The predicted octanol–water partition coefficient (Wildman–Crippen LogP) is 1.30. The van der Waals surface area contributed by atoms with Crippen LogP contribution in [-0.2, 0) is 6.40 Å². The molecule has 0 saturated carbocycles. The van der Waals surface area contributed by atoms with Gasteiger partial charge in [-0.05, 0) is 31.0 Å². The summed E-state index contributed by atoms with van der Waals surface area (Å²) in [4.78, 5) is 0. The maximum Gasteiger partial charge on any atom is 0.231 e. The number of rotatable bonds is 2. The Bertz CT molecular complexity index is 444. The van der Waals surface area contributed by atoms with Gasteiger partial charge in [-0.25, -0.2) is 0 Å². The first-order chi connectivity index (χ1) is 7.69. The monoisotopic (exact) mass is 183 g/mol. The zero-order valence-electron chi connectivity index (χ0n) is 11.2. The zero-order chi connectivity index (χ0) is 12.8. The Morgan fingerprint density at radius 1 is 1.69 bits per heavy atom. The van der Waals surface area contributed by atoms with Crippen LogP contribution in [0.4, 0.5) is 0 Å². The summed E-state index contributed by atoms with van der Waals surface area (Å²) in [5.41, 5.74) is 6.03. The summed E-state index contributed by atoms with van der Waals surface area (Å²) in [5.74, 6) is 0.517. The first-order valence-electron chi connectivity index (χ1n) is 6.00. The van der Waals surface area contributed by atoms with Crippen LogP contribution in [0.3, 0.4) is 0 Å². The van der Waals surface area contributed by atoms with E-state index in [9.17, 15) is 0 Å². The van der Waals surface area contributed by atoms with Gasteiger partial charge in [0.25, 0.3) is 0 Å². The summed E-state index contributed by atoms with van der Waals surface area (Å²) in [7, 11) is 0. The van der Waals surface area contributed by atoms with Crippen molar-refractivity contribution in [2.75, 3.05) is 6.75 Å². The minimum atomic E-state index is -2.18. The van der Waals surface area contributed by atoms with Crippen molar-refractivity contribution in [2.24, 2.45) is 5.73 Å². The minimum absolute atomic E-state index is 0.231. The van der Waals surface area contributed by atoms with E-state index < -0.39 is 19.2 Å². The molecule has 1 aromatic rings. The van der Waals surface area contributed by atoms with Crippen molar-refractivity contribution in [3.8, 4) is 11.5 Å². The van der Waals surface area contributed by atoms with Gasteiger partial charge in [0, 0.05) is 8.76 Å². The first-order valence-corrected chi connectivity index (χ1v) is 3.92. The molecule has 0 radical (unpaired) electrons. The molecule has 0 amide bonds. The molecule has 2 rings (SSSR count). The summed E-state index contributed by atoms with van der Waals surface area (Å²) in [6.45, 7) is -0.736. The number of hydrogen-bond donors (Lipinski definition) is 1. The molecule has 2 atom stereocenters. The molecule has 2 N–H and O–H groups in total. The topological polar surface area (TPSA) is 44.5 Å². The molecule has 0 aliphatic carbocycles. The van der Waals surface area contributed by atoms with Crippen LogP contribution in [0.15, 0.2) is 18.2 Å². The van der Waals surface area contributed by atoms with E-state index in [0.29, 0.717) is 5.56 Å². The highest BCUT2D eigenvalue weighted by Gasteiger charge is 2.13. The molecule has 1 heterocycles. The molecule has 3 nitrogen and oxygen atoms in total. The van der Waals surface area contributed by atoms with Gasteiger partial charge in [0.05, 0.1) is 0 Å². The third kappa shape index (κ3) is 1.75. The second-order valence-corrected chi connectivity index (χ2v) is 2.88. The Hall–Kier alpha value is -1.22. The quantitative estimate of drug-likeness (QED) is 0.751. The molecule has 1 aliphatic heterocycles. The zero-order valence-corrected chi connectivity index (χ0v) is 7.20. The van der Waals surface area contributed by atoms with Crippen molar-refractivity contribution in [1.29, 1.82) is 0 Å². The highest BCUT2D eigenvalue weighted by Crippen LogP contribution is 2.32. The number of nitrogens with two attached hydrogens (primary N) is 1. The number of hydrogen-bond acceptors (Lipinski definition) is 3. The van der Waals surface area contributed by atoms with Crippen molar-refractivity contribution in [1.82, 2.24) is 0 Å². The lowest BCUT2D eigenvalue weighted by Gasteiger charge is -2.05. The molecule has 0 saturated heterocycles. The van der Waals surface area contributed by atoms with E-state index in [0.717, 1.165) is 0 Å². The Kier molecular flexibility index (Phi) is 1.22. The Balaban J connectivity index is 2.31. The van der Waals surface area contributed by atoms with Crippen LogP contribution in [-0.4, -0.2) is 12.8 Å². The van der Waals surface area contributed by atoms with E-state index in [-0.39, 0.29) is 11.5 Å². The third-order valence-corrected chi connectivity index (χ3v) is 1.67. The van der Waals surface area contributed by atoms with Crippen molar-refractivity contribution in [3.63, 3.8) is 0 Å². The predicted molar refractivity (Wildman–Crippen MR) is 49.9 cm³/mol. The standard InChI is InChI=1S/C10H13NO2/c1-7(11)4-8-2-3-9-10(5-8)13-6-12-9/h2-3,5,7H,4,6,11H2,1H3/i4D,6D2,7D. The van der Waals surface area contributed by atoms with E-state index in [1.54, 1.807) is 6.07 Å². The average molecular weight is 183 g/mol. The highest BCUT2D eigenvalue weighted by molar-refractivity contribution is 5.44. The van der Waals surface area contributed by atoms with Crippen LogP contribution in [0.1, 0.15) is 18.0 Å². The van der Waals surface area contributed by atoms with Gasteiger partial charge in [0.1, 0.15) is 2.74 Å². The molecule has 0 fully saturated rings. The number of fused-ring (bicyclic) bond motifs is 1. The van der Waals surface area contributed by atoms with Gasteiger partial charge in [-0.3, -0.25) is 0 Å². The van der Waals surface area contributed by atoms with Crippen LogP contribution in [0.25, 0.3) is 0 Å². The van der Waals surface area contributed by atoms with Crippen molar-refractivity contribution < 1.29 is 15.0 Å². The van der Waals surface area contributed by atoms with Gasteiger partial charge < -0.3 is 15.2 Å².